The molecule has 3 nitrogen and oxygen atoms in total. The first-order valence-electron chi connectivity index (χ1n) is 7.06. The standard InChI is InChI=1S/C16H25NO2/c1-7-19-14(18)11-8-9-12-13(10-11)16(4,5)17(6)15(12,2)3/h9-11H,7-8H2,1-6H3. The van der Waals surface area contributed by atoms with Gasteiger partial charge in [0.25, 0.3) is 0 Å². The van der Waals surface area contributed by atoms with Crippen LogP contribution < -0.4 is 0 Å². The van der Waals surface area contributed by atoms with Crippen molar-refractivity contribution < 1.29 is 9.53 Å². The number of carbonyl (C=O) groups excluding carboxylic acids is 1. The number of allylic oxidation sites excluding steroid dienone is 1. The van der Waals surface area contributed by atoms with E-state index in [2.05, 4.69) is 51.8 Å². The van der Waals surface area contributed by atoms with E-state index in [0.29, 0.717) is 6.61 Å². The topological polar surface area (TPSA) is 29.5 Å². The predicted molar refractivity (Wildman–Crippen MR) is 76.8 cm³/mol. The third-order valence-electron chi connectivity index (χ3n) is 4.82. The van der Waals surface area contributed by atoms with Crippen LogP contribution in [-0.2, 0) is 9.53 Å². The molecular formula is C16H25NO2. The van der Waals surface area contributed by atoms with Crippen LogP contribution in [0.5, 0.6) is 0 Å². The number of hydrogen-bond acceptors (Lipinski definition) is 3. The van der Waals surface area contributed by atoms with Crippen molar-refractivity contribution in [3.8, 4) is 0 Å². The Morgan fingerprint density at radius 2 is 1.89 bits per heavy atom. The van der Waals surface area contributed by atoms with Crippen molar-refractivity contribution in [3.05, 3.63) is 23.3 Å². The van der Waals surface area contributed by atoms with Gasteiger partial charge in [0.2, 0.25) is 0 Å². The molecule has 1 heterocycles. The van der Waals surface area contributed by atoms with Gasteiger partial charge in [-0.05, 0) is 59.2 Å². The summed E-state index contributed by atoms with van der Waals surface area (Å²) in [5, 5.41) is 0. The van der Waals surface area contributed by atoms with Gasteiger partial charge in [-0.2, -0.15) is 0 Å². The molecule has 1 aliphatic carbocycles. The van der Waals surface area contributed by atoms with Gasteiger partial charge in [-0.15, -0.1) is 0 Å². The molecule has 3 heteroatoms. The zero-order chi connectivity index (χ0) is 14.4. The van der Waals surface area contributed by atoms with Gasteiger partial charge in [-0.1, -0.05) is 12.2 Å². The minimum atomic E-state index is -0.125. The summed E-state index contributed by atoms with van der Waals surface area (Å²) < 4.78 is 5.15. The first-order valence-corrected chi connectivity index (χ1v) is 7.06. The maximum Gasteiger partial charge on any atom is 0.313 e. The van der Waals surface area contributed by atoms with Crippen molar-refractivity contribution >= 4 is 5.97 Å². The summed E-state index contributed by atoms with van der Waals surface area (Å²) in [5.41, 5.74) is 2.62. The van der Waals surface area contributed by atoms with E-state index >= 15 is 0 Å². The molecule has 0 amide bonds. The number of likely N-dealkylation sites (tertiary alicyclic amines) is 1. The molecule has 0 spiro atoms. The molecule has 19 heavy (non-hydrogen) atoms. The Labute approximate surface area is 116 Å². The lowest BCUT2D eigenvalue weighted by Gasteiger charge is -2.36. The second-order valence-corrected chi connectivity index (χ2v) is 6.47. The van der Waals surface area contributed by atoms with E-state index < -0.39 is 0 Å². The maximum atomic E-state index is 11.9. The molecule has 0 saturated carbocycles. The van der Waals surface area contributed by atoms with Gasteiger partial charge in [0.1, 0.15) is 0 Å². The Morgan fingerprint density at radius 3 is 2.47 bits per heavy atom. The highest BCUT2D eigenvalue weighted by Crippen LogP contribution is 2.49. The molecule has 0 aromatic rings. The lowest BCUT2D eigenvalue weighted by atomic mass is 9.80. The number of likely N-dealkylation sites (N-methyl/N-ethyl adjacent to an activating group) is 1. The van der Waals surface area contributed by atoms with E-state index in [1.807, 2.05) is 6.92 Å². The monoisotopic (exact) mass is 263 g/mol. The fourth-order valence-corrected chi connectivity index (χ4v) is 3.30. The maximum absolute atomic E-state index is 11.9. The molecule has 0 radical (unpaired) electrons. The Hall–Kier alpha value is -1.09. The third-order valence-corrected chi connectivity index (χ3v) is 4.82. The van der Waals surface area contributed by atoms with Gasteiger partial charge in [0, 0.05) is 11.1 Å². The highest BCUT2D eigenvalue weighted by atomic mass is 16.5. The Kier molecular flexibility index (Phi) is 3.38. The molecule has 1 atom stereocenters. The minimum absolute atomic E-state index is 0.0228. The zero-order valence-corrected chi connectivity index (χ0v) is 12.9. The summed E-state index contributed by atoms with van der Waals surface area (Å²) in [5.74, 6) is -0.228. The molecule has 0 N–H and O–H groups in total. The van der Waals surface area contributed by atoms with Crippen molar-refractivity contribution in [1.29, 1.82) is 0 Å². The predicted octanol–water partition coefficient (Wildman–Crippen LogP) is 2.92. The Balaban J connectivity index is 2.37. The smallest absolute Gasteiger partial charge is 0.313 e. The van der Waals surface area contributed by atoms with E-state index in [-0.39, 0.29) is 23.0 Å². The number of hydrogen-bond donors (Lipinski definition) is 0. The summed E-state index contributed by atoms with van der Waals surface area (Å²) in [6, 6.07) is 0. The number of ether oxygens (including phenoxy) is 1. The summed E-state index contributed by atoms with van der Waals surface area (Å²) in [7, 11) is 2.15. The Morgan fingerprint density at radius 1 is 1.32 bits per heavy atom. The van der Waals surface area contributed by atoms with E-state index in [1.54, 1.807) is 0 Å². The molecule has 0 aromatic carbocycles. The molecule has 2 aliphatic rings. The summed E-state index contributed by atoms with van der Waals surface area (Å²) in [6.45, 7) is 11.2. The average Bonchev–Trinajstić information content (AvgIpc) is 2.49. The van der Waals surface area contributed by atoms with Crippen LogP contribution in [0.4, 0.5) is 0 Å². The van der Waals surface area contributed by atoms with Gasteiger partial charge < -0.3 is 4.74 Å². The third kappa shape index (κ3) is 2.04. The Bertz CT molecular complexity index is 457. The fourth-order valence-electron chi connectivity index (χ4n) is 3.30. The largest absolute Gasteiger partial charge is 0.466 e. The second-order valence-electron chi connectivity index (χ2n) is 6.47. The van der Waals surface area contributed by atoms with Crippen molar-refractivity contribution in [2.75, 3.05) is 13.7 Å². The molecule has 1 fully saturated rings. The van der Waals surface area contributed by atoms with E-state index in [4.69, 9.17) is 4.74 Å². The van der Waals surface area contributed by atoms with Gasteiger partial charge in [0.05, 0.1) is 12.5 Å². The number of carbonyl (C=O) groups is 1. The van der Waals surface area contributed by atoms with Crippen LogP contribution in [0.15, 0.2) is 23.3 Å². The molecule has 106 valence electrons. The van der Waals surface area contributed by atoms with Gasteiger partial charge in [-0.3, -0.25) is 9.69 Å². The lowest BCUT2D eigenvalue weighted by molar-refractivity contribution is -0.146. The second kappa shape index (κ2) is 4.48. The van der Waals surface area contributed by atoms with Crippen LogP contribution in [0.3, 0.4) is 0 Å². The highest BCUT2D eigenvalue weighted by molar-refractivity contribution is 5.76. The molecule has 0 aromatic heterocycles. The lowest BCUT2D eigenvalue weighted by Crippen LogP contribution is -2.45. The van der Waals surface area contributed by atoms with Crippen LogP contribution in [0.25, 0.3) is 0 Å². The number of esters is 1. The summed E-state index contributed by atoms with van der Waals surface area (Å²) >= 11 is 0. The van der Waals surface area contributed by atoms with Gasteiger partial charge in [-0.25, -0.2) is 0 Å². The van der Waals surface area contributed by atoms with Crippen LogP contribution in [0.2, 0.25) is 0 Å². The summed E-state index contributed by atoms with van der Waals surface area (Å²) in [6.07, 6.45) is 5.10. The first-order chi connectivity index (χ1) is 8.72. The quantitative estimate of drug-likeness (QED) is 0.717. The molecule has 0 bridgehead atoms. The molecule has 1 unspecified atom stereocenters. The fraction of sp³-hybridized carbons (Fsp3) is 0.688. The normalized spacial score (nSPS) is 28.4. The van der Waals surface area contributed by atoms with E-state index in [9.17, 15) is 4.79 Å². The molecular weight excluding hydrogens is 238 g/mol. The SMILES string of the molecule is CCOC(=O)C1C=C2C(=CC1)C(C)(C)N(C)C2(C)C. The number of nitrogens with zero attached hydrogens (tertiary/aromatic N) is 1. The number of rotatable bonds is 2. The van der Waals surface area contributed by atoms with Crippen LogP contribution in [-0.4, -0.2) is 35.6 Å². The minimum Gasteiger partial charge on any atom is -0.466 e. The number of fused-ring (bicyclic) bond motifs is 1. The van der Waals surface area contributed by atoms with Gasteiger partial charge in [0.15, 0.2) is 0 Å². The first kappa shape index (κ1) is 14.3. The van der Waals surface area contributed by atoms with Crippen LogP contribution >= 0.6 is 0 Å². The van der Waals surface area contributed by atoms with Gasteiger partial charge >= 0.3 is 5.97 Å². The van der Waals surface area contributed by atoms with Crippen molar-refractivity contribution in [3.63, 3.8) is 0 Å². The van der Waals surface area contributed by atoms with Crippen molar-refractivity contribution in [1.82, 2.24) is 4.90 Å². The van der Waals surface area contributed by atoms with E-state index in [1.165, 1.54) is 11.1 Å². The van der Waals surface area contributed by atoms with Crippen LogP contribution in [0, 0.1) is 5.92 Å². The van der Waals surface area contributed by atoms with Crippen molar-refractivity contribution in [2.45, 2.75) is 52.1 Å². The summed E-state index contributed by atoms with van der Waals surface area (Å²) in [4.78, 5) is 14.3. The van der Waals surface area contributed by atoms with Crippen molar-refractivity contribution in [2.24, 2.45) is 5.92 Å². The average molecular weight is 263 g/mol. The molecule has 2 rings (SSSR count). The molecule has 1 aliphatic heterocycles. The molecule has 1 saturated heterocycles. The highest BCUT2D eigenvalue weighted by Gasteiger charge is 2.50. The zero-order valence-electron chi connectivity index (χ0n) is 12.9. The van der Waals surface area contributed by atoms with E-state index in [0.717, 1.165) is 6.42 Å². The van der Waals surface area contributed by atoms with Crippen LogP contribution in [0.1, 0.15) is 41.0 Å².